The molecule has 0 aliphatic carbocycles. The number of nitrogens with one attached hydrogen (secondary N) is 2. The van der Waals surface area contributed by atoms with Crippen LogP contribution in [0.5, 0.6) is 0 Å². The van der Waals surface area contributed by atoms with E-state index < -0.39 is 0 Å². The van der Waals surface area contributed by atoms with Gasteiger partial charge in [0.15, 0.2) is 5.65 Å². The van der Waals surface area contributed by atoms with Crippen LogP contribution in [0.1, 0.15) is 17.3 Å². The van der Waals surface area contributed by atoms with Crippen molar-refractivity contribution in [2.24, 2.45) is 0 Å². The van der Waals surface area contributed by atoms with E-state index in [-0.39, 0.29) is 17.6 Å². The van der Waals surface area contributed by atoms with Gasteiger partial charge in [-0.15, -0.1) is 10.2 Å². The molecule has 2 N–H and O–H groups in total. The topological polar surface area (TPSA) is 102 Å². The Kier molecular flexibility index (Phi) is 5.39. The molecule has 4 rings (SSSR count). The van der Waals surface area contributed by atoms with E-state index in [1.807, 2.05) is 37.3 Å². The van der Waals surface area contributed by atoms with Crippen molar-refractivity contribution in [1.82, 2.24) is 30.6 Å². The molecule has 0 saturated carbocycles. The number of thioether (sulfide) groups is 1. The number of carbonyl (C=O) groups is 2. The van der Waals surface area contributed by atoms with Crippen LogP contribution in [-0.2, 0) is 11.3 Å². The van der Waals surface area contributed by atoms with E-state index in [4.69, 9.17) is 0 Å². The Morgan fingerprint density at radius 3 is 2.55 bits per heavy atom. The highest BCUT2D eigenvalue weighted by atomic mass is 32.2. The first-order valence-electron chi connectivity index (χ1n) is 9.06. The Labute approximate surface area is 170 Å². The number of hydrogen-bond acceptors (Lipinski definition) is 6. The molecule has 4 aromatic rings. The van der Waals surface area contributed by atoms with Gasteiger partial charge in [-0.1, -0.05) is 48.2 Å². The van der Waals surface area contributed by atoms with Crippen LogP contribution in [0.25, 0.3) is 22.1 Å². The fraction of sp³-hybridized carbons (Fsp3) is 0.150. The lowest BCUT2D eigenvalue weighted by molar-refractivity contribution is -0.119. The summed E-state index contributed by atoms with van der Waals surface area (Å²) in [6.45, 7) is 2.79. The Morgan fingerprint density at radius 2 is 1.76 bits per heavy atom. The summed E-state index contributed by atoms with van der Waals surface area (Å²) in [5.74, 6) is -0.691. The molecule has 0 spiro atoms. The molecule has 0 atom stereocenters. The van der Waals surface area contributed by atoms with Gasteiger partial charge in [0, 0.05) is 17.5 Å². The maximum absolute atomic E-state index is 12.1. The van der Waals surface area contributed by atoms with Gasteiger partial charge in [-0.3, -0.25) is 20.4 Å². The summed E-state index contributed by atoms with van der Waals surface area (Å²) in [4.78, 5) is 28.6. The molecule has 146 valence electrons. The number of hydrogen-bond donors (Lipinski definition) is 2. The maximum atomic E-state index is 12.1. The lowest BCUT2D eigenvalue weighted by atomic mass is 10.2. The van der Waals surface area contributed by atoms with Gasteiger partial charge in [-0.05, 0) is 25.1 Å². The second-order valence-electron chi connectivity index (χ2n) is 6.19. The van der Waals surface area contributed by atoms with Crippen LogP contribution in [-0.4, -0.2) is 37.3 Å². The van der Waals surface area contributed by atoms with Crippen molar-refractivity contribution in [2.75, 3.05) is 5.75 Å². The number of para-hydroxylation sites is 1. The van der Waals surface area contributed by atoms with Crippen molar-refractivity contribution in [1.29, 1.82) is 0 Å². The minimum atomic E-state index is -0.379. The van der Waals surface area contributed by atoms with E-state index in [0.717, 1.165) is 40.4 Å². The van der Waals surface area contributed by atoms with Crippen molar-refractivity contribution in [2.45, 2.75) is 18.6 Å². The Hall–Kier alpha value is -3.46. The van der Waals surface area contributed by atoms with Crippen LogP contribution >= 0.6 is 11.8 Å². The lowest BCUT2D eigenvalue weighted by Crippen LogP contribution is -2.42. The highest BCUT2D eigenvalue weighted by molar-refractivity contribution is 7.99. The third kappa shape index (κ3) is 3.90. The van der Waals surface area contributed by atoms with Crippen molar-refractivity contribution in [3.05, 3.63) is 60.2 Å². The van der Waals surface area contributed by atoms with Crippen molar-refractivity contribution in [3.63, 3.8) is 0 Å². The Bertz CT molecular complexity index is 1190. The van der Waals surface area contributed by atoms with Gasteiger partial charge in [0.05, 0.1) is 11.3 Å². The molecule has 8 nitrogen and oxygen atoms in total. The van der Waals surface area contributed by atoms with Crippen LogP contribution in [0.3, 0.4) is 0 Å². The molecule has 0 aliphatic rings. The standard InChI is InChI=1S/C20H18N6O2S/c1-2-26-15-11-7-6-10-14(15)17-18(26)21-20(25-23-17)29-12-16(27)22-24-19(28)13-8-4-3-5-9-13/h3-11H,2,12H2,1H3,(H,22,27)(H,24,28). The summed E-state index contributed by atoms with van der Waals surface area (Å²) in [6.07, 6.45) is 0. The molecular formula is C20H18N6O2S. The van der Waals surface area contributed by atoms with Crippen molar-refractivity contribution in [3.8, 4) is 0 Å². The molecule has 0 unspecified atom stereocenters. The summed E-state index contributed by atoms with van der Waals surface area (Å²) in [7, 11) is 0. The van der Waals surface area contributed by atoms with Gasteiger partial charge in [-0.25, -0.2) is 4.98 Å². The molecule has 0 aliphatic heterocycles. The lowest BCUT2D eigenvalue weighted by Gasteiger charge is -2.07. The highest BCUT2D eigenvalue weighted by Gasteiger charge is 2.14. The van der Waals surface area contributed by atoms with E-state index in [0.29, 0.717) is 10.7 Å². The minimum Gasteiger partial charge on any atom is -0.324 e. The first-order chi connectivity index (χ1) is 14.2. The normalized spacial score (nSPS) is 10.9. The van der Waals surface area contributed by atoms with E-state index in [1.54, 1.807) is 24.3 Å². The van der Waals surface area contributed by atoms with Gasteiger partial charge < -0.3 is 4.57 Å². The van der Waals surface area contributed by atoms with Crippen LogP contribution in [0.15, 0.2) is 59.8 Å². The largest absolute Gasteiger partial charge is 0.324 e. The van der Waals surface area contributed by atoms with Gasteiger partial charge in [0.2, 0.25) is 11.1 Å². The van der Waals surface area contributed by atoms with Crippen LogP contribution in [0.2, 0.25) is 0 Å². The number of fused-ring (bicyclic) bond motifs is 3. The van der Waals surface area contributed by atoms with Crippen LogP contribution in [0.4, 0.5) is 0 Å². The maximum Gasteiger partial charge on any atom is 0.269 e. The third-order valence-corrected chi connectivity index (χ3v) is 5.19. The van der Waals surface area contributed by atoms with E-state index in [2.05, 4.69) is 30.6 Å². The van der Waals surface area contributed by atoms with E-state index in [9.17, 15) is 9.59 Å². The summed E-state index contributed by atoms with van der Waals surface area (Å²) in [5.41, 5.74) is 7.78. The molecule has 0 saturated heterocycles. The number of hydrazine groups is 1. The van der Waals surface area contributed by atoms with Gasteiger partial charge >= 0.3 is 0 Å². The molecular weight excluding hydrogens is 388 g/mol. The second kappa shape index (κ2) is 8.27. The molecule has 2 heterocycles. The van der Waals surface area contributed by atoms with Crippen molar-refractivity contribution >= 4 is 45.6 Å². The molecule has 9 heteroatoms. The molecule has 2 aromatic carbocycles. The van der Waals surface area contributed by atoms with Gasteiger partial charge in [-0.2, -0.15) is 0 Å². The predicted octanol–water partition coefficient (Wildman–Crippen LogP) is 2.55. The highest BCUT2D eigenvalue weighted by Crippen LogP contribution is 2.26. The minimum absolute atomic E-state index is 0.0502. The quantitative estimate of drug-likeness (QED) is 0.390. The zero-order valence-corrected chi connectivity index (χ0v) is 16.4. The van der Waals surface area contributed by atoms with Crippen LogP contribution in [0, 0.1) is 0 Å². The van der Waals surface area contributed by atoms with E-state index >= 15 is 0 Å². The number of nitrogens with zero attached hydrogens (tertiary/aromatic N) is 4. The molecule has 2 aromatic heterocycles. The Balaban J connectivity index is 1.42. The zero-order valence-electron chi connectivity index (χ0n) is 15.6. The molecule has 2 amide bonds. The number of rotatable bonds is 5. The number of aryl methyl sites for hydroxylation is 1. The fourth-order valence-electron chi connectivity index (χ4n) is 3.02. The fourth-order valence-corrected chi connectivity index (χ4v) is 3.61. The predicted molar refractivity (Wildman–Crippen MR) is 111 cm³/mol. The van der Waals surface area contributed by atoms with Crippen molar-refractivity contribution < 1.29 is 9.59 Å². The summed E-state index contributed by atoms with van der Waals surface area (Å²) >= 11 is 1.16. The summed E-state index contributed by atoms with van der Waals surface area (Å²) in [6, 6.07) is 16.6. The number of benzene rings is 2. The molecule has 0 radical (unpaired) electrons. The molecule has 0 fully saturated rings. The monoisotopic (exact) mass is 406 g/mol. The average Bonchev–Trinajstić information content (AvgIpc) is 3.09. The number of carbonyl (C=O) groups excluding carboxylic acids is 2. The first kappa shape index (κ1) is 18.9. The Morgan fingerprint density at radius 1 is 1.00 bits per heavy atom. The zero-order chi connectivity index (χ0) is 20.2. The van der Waals surface area contributed by atoms with Crippen LogP contribution < -0.4 is 10.9 Å². The molecule has 29 heavy (non-hydrogen) atoms. The van der Waals surface area contributed by atoms with E-state index in [1.165, 1.54) is 0 Å². The molecule has 0 bridgehead atoms. The number of aromatic nitrogens is 4. The van der Waals surface area contributed by atoms with Gasteiger partial charge in [0.1, 0.15) is 5.52 Å². The second-order valence-corrected chi connectivity index (χ2v) is 7.13. The van der Waals surface area contributed by atoms with Gasteiger partial charge in [0.25, 0.3) is 5.91 Å². The summed E-state index contributed by atoms with van der Waals surface area (Å²) in [5, 5.41) is 9.86. The smallest absolute Gasteiger partial charge is 0.269 e. The number of amides is 2. The third-order valence-electron chi connectivity index (χ3n) is 4.35. The SMILES string of the molecule is CCn1c2ccccc2c2nnc(SCC(=O)NNC(=O)c3ccccc3)nc21. The average molecular weight is 406 g/mol. The summed E-state index contributed by atoms with van der Waals surface area (Å²) < 4.78 is 2.07. The first-order valence-corrected chi connectivity index (χ1v) is 10.0.